The lowest BCUT2D eigenvalue weighted by molar-refractivity contribution is -0.116. The molecule has 8 fully saturated rings. The SMILES string of the molecule is CC(C)(O)C#CC(=O)NC1CCC(Oc2cc(N3CCOCC3)cc3nccnc23)CC1.Cc1ccc(NC2CCC(Oc3cc(N4CCOCC4)cc4nccnc34)CC2)nc1.Cn1c(=O)cc(NC2CCC(Oc3cc(N4CCOCC4)cc4nccnc34)CC2)[nH]c1=O.O=C(NC1CCC(Oc2cc(N3CCOCC3)cc3nccnc23)CC1)c1ccncc1F. The summed E-state index contributed by atoms with van der Waals surface area (Å²) >= 11 is 0. The topological polar surface area (TPSA) is 373 Å². The summed E-state index contributed by atoms with van der Waals surface area (Å²) in [5.41, 5.74) is 10.0. The maximum Gasteiger partial charge on any atom is 0.329 e. The van der Waals surface area contributed by atoms with Crippen molar-refractivity contribution in [3.05, 3.63) is 179 Å². The average Bonchev–Trinajstić information content (AvgIpc) is 0.798. The van der Waals surface area contributed by atoms with Crippen LogP contribution in [0, 0.1) is 24.6 Å². The number of morpholine rings is 4. The van der Waals surface area contributed by atoms with Gasteiger partial charge in [-0.25, -0.2) is 34.1 Å². The molecular weight excluding hydrogens is 1650 g/mol. The molecule has 7 aromatic heterocycles. The maximum absolute atomic E-state index is 13.8. The number of hydrogen-bond donors (Lipinski definition) is 6. The number of aryl methyl sites for hydroxylation is 1. The molecule has 129 heavy (non-hydrogen) atoms. The van der Waals surface area contributed by atoms with Gasteiger partial charge < -0.3 is 83.9 Å². The number of carbonyl (C=O) groups excluding carboxylic acids is 2. The zero-order valence-corrected chi connectivity index (χ0v) is 73.5. The lowest BCUT2D eigenvalue weighted by Crippen LogP contribution is -2.40. The second-order valence-electron chi connectivity index (χ2n) is 34.2. The molecule has 33 nitrogen and oxygen atoms in total. The van der Waals surface area contributed by atoms with Crippen LogP contribution >= 0.6 is 0 Å². The van der Waals surface area contributed by atoms with Gasteiger partial charge in [0, 0.05) is 199 Å². The van der Waals surface area contributed by atoms with Crippen molar-refractivity contribution in [1.29, 1.82) is 0 Å². The van der Waals surface area contributed by atoms with Crippen molar-refractivity contribution in [1.82, 2.24) is 70.0 Å². The van der Waals surface area contributed by atoms with Crippen molar-refractivity contribution >= 4 is 90.3 Å². The molecule has 4 saturated carbocycles. The maximum atomic E-state index is 13.8. The molecule has 0 spiro atoms. The molecule has 0 bridgehead atoms. The molecule has 4 aliphatic carbocycles. The fourth-order valence-corrected chi connectivity index (χ4v) is 17.4. The highest BCUT2D eigenvalue weighted by atomic mass is 19.1. The van der Waals surface area contributed by atoms with Crippen molar-refractivity contribution in [2.24, 2.45) is 7.05 Å². The Hall–Kier alpha value is -12.6. The minimum atomic E-state index is -1.18. The Morgan fingerprint density at radius 1 is 0.450 bits per heavy atom. The molecule has 2 amide bonds. The van der Waals surface area contributed by atoms with Gasteiger partial charge in [-0.15, -0.1) is 0 Å². The summed E-state index contributed by atoms with van der Waals surface area (Å²) < 4.78 is 62.6. The van der Waals surface area contributed by atoms with E-state index in [-0.39, 0.29) is 59.6 Å². The van der Waals surface area contributed by atoms with Gasteiger partial charge in [0.05, 0.1) is 111 Å². The van der Waals surface area contributed by atoms with E-state index < -0.39 is 23.0 Å². The monoisotopic (exact) mass is 1760 g/mol. The van der Waals surface area contributed by atoms with Crippen LogP contribution in [-0.4, -0.2) is 236 Å². The highest BCUT2D eigenvalue weighted by molar-refractivity contribution is 5.95. The highest BCUT2D eigenvalue weighted by Gasteiger charge is 2.32. The number of aromatic nitrogens is 12. The van der Waals surface area contributed by atoms with Crippen LogP contribution in [0.3, 0.4) is 0 Å². The van der Waals surface area contributed by atoms with E-state index in [0.717, 1.165) is 275 Å². The molecule has 4 saturated heterocycles. The number of halogens is 1. The first-order valence-electron chi connectivity index (χ1n) is 45.0. The van der Waals surface area contributed by atoms with E-state index in [9.17, 15) is 28.7 Å². The predicted octanol–water partition coefficient (Wildman–Crippen LogP) is 10.8. The molecule has 4 aromatic carbocycles. The molecule has 34 heteroatoms. The number of H-pyrrole nitrogens is 1. The molecule has 0 unspecified atom stereocenters. The summed E-state index contributed by atoms with van der Waals surface area (Å²) in [7, 11) is 1.45. The van der Waals surface area contributed by atoms with Gasteiger partial charge in [-0.2, -0.15) is 0 Å². The number of pyridine rings is 2. The zero-order valence-electron chi connectivity index (χ0n) is 73.5. The summed E-state index contributed by atoms with van der Waals surface area (Å²) in [6.45, 7) is 17.7. The van der Waals surface area contributed by atoms with Crippen LogP contribution in [0.25, 0.3) is 44.1 Å². The number of fused-ring (bicyclic) bond motifs is 4. The van der Waals surface area contributed by atoms with E-state index >= 15 is 0 Å². The predicted molar refractivity (Wildman–Crippen MR) is 489 cm³/mol. The van der Waals surface area contributed by atoms with Gasteiger partial charge in [-0.1, -0.05) is 12.0 Å². The van der Waals surface area contributed by atoms with E-state index in [1.54, 1.807) is 63.4 Å². The lowest BCUT2D eigenvalue weighted by atomic mass is 9.92. The standard InChI is InChI=1S/C24H26FN5O3.C24H29N5O2.C24H30N4O4.C23H28N6O4/c25-20-15-26-6-5-19(20)24(31)29-16-1-3-18(4-2-16)33-22-14-17(30-9-11-32-12-10-30)13-21-23(22)28-8-7-27-21;1-17-2-7-23(27-16-17)28-18-3-5-20(6-4-18)31-22-15-19(29-10-12-30-13-11-29)14-21-24(22)26-9-8-25-21;1-24(2,30)8-7-22(29)27-17-3-5-19(6-4-17)32-21-16-18(28-11-13-31-14-12-28)15-20-23(21)26-10-9-25-20;1-28-21(30)14-20(27-23(28)31)26-15-2-4-17(5-3-15)33-19-13-16(29-8-10-32-11-9-29)12-18-22(19)25-7-6-24-18/h5-8,13-16,18H,1-4,9-12H2,(H,29,31);2,7-9,14-16,18,20H,3-6,10-13H2,1H3,(H,27,28);9-10,15-17,19,30H,3-6,11-14H2,1-2H3,(H,27,29);6-7,12-15,17,26H,2-5,8-11H2,1H3,(H,27,31). The van der Waals surface area contributed by atoms with Crippen molar-refractivity contribution in [3.63, 3.8) is 0 Å². The quantitative estimate of drug-likeness (QED) is 0.0410. The number of amides is 2. The third-order valence-electron chi connectivity index (χ3n) is 24.4. The van der Waals surface area contributed by atoms with Crippen molar-refractivity contribution in [2.45, 2.75) is 178 Å². The Labute approximate surface area is 747 Å². The second-order valence-corrected chi connectivity index (χ2v) is 34.2. The van der Waals surface area contributed by atoms with E-state index in [4.69, 9.17) is 37.9 Å². The van der Waals surface area contributed by atoms with E-state index in [1.807, 2.05) is 18.3 Å². The average molecular weight is 1760 g/mol. The second kappa shape index (κ2) is 43.0. The smallest absolute Gasteiger partial charge is 0.329 e. The van der Waals surface area contributed by atoms with Crippen molar-refractivity contribution in [2.75, 3.05) is 135 Å². The molecule has 8 aliphatic rings. The Kier molecular flexibility index (Phi) is 30.0. The Morgan fingerprint density at radius 2 is 0.806 bits per heavy atom. The number of benzene rings is 4. The molecule has 0 atom stereocenters. The molecule has 19 rings (SSSR count). The van der Waals surface area contributed by atoms with E-state index in [1.165, 1.54) is 30.9 Å². The number of nitrogens with zero attached hydrogens (tertiary/aromatic N) is 15. The fourth-order valence-electron chi connectivity index (χ4n) is 17.4. The van der Waals surface area contributed by atoms with Crippen LogP contribution in [0.2, 0.25) is 0 Å². The summed E-state index contributed by atoms with van der Waals surface area (Å²) in [4.78, 5) is 104. The fraction of sp³-hybridized carbons (Fsp3) is 0.474. The summed E-state index contributed by atoms with van der Waals surface area (Å²) in [6.07, 6.45) is 32.3. The van der Waals surface area contributed by atoms with Gasteiger partial charge in [0.2, 0.25) is 0 Å². The number of aliphatic hydroxyl groups is 1. The van der Waals surface area contributed by atoms with Gasteiger partial charge in [0.1, 0.15) is 62.3 Å². The molecule has 11 heterocycles. The molecule has 6 N–H and O–H groups in total. The van der Waals surface area contributed by atoms with Crippen LogP contribution in [0.5, 0.6) is 23.0 Å². The van der Waals surface area contributed by atoms with Gasteiger partial charge in [0.15, 0.2) is 5.82 Å². The lowest BCUT2D eigenvalue weighted by Gasteiger charge is -2.31. The van der Waals surface area contributed by atoms with Crippen LogP contribution in [0.15, 0.2) is 151 Å². The first-order chi connectivity index (χ1) is 62.8. The van der Waals surface area contributed by atoms with Crippen LogP contribution < -0.4 is 71.1 Å². The number of hydrogen-bond acceptors (Lipinski definition) is 29. The highest BCUT2D eigenvalue weighted by Crippen LogP contribution is 2.39. The van der Waals surface area contributed by atoms with E-state index in [2.05, 4.69) is 163 Å². The Balaban J connectivity index is 0.000000126. The molecule has 0 radical (unpaired) electrons. The summed E-state index contributed by atoms with van der Waals surface area (Å²) in [6, 6.07) is 24.2. The number of ether oxygens (including phenoxy) is 8. The van der Waals surface area contributed by atoms with Gasteiger partial charge in [0.25, 0.3) is 17.4 Å². The Morgan fingerprint density at radius 3 is 1.16 bits per heavy atom. The third kappa shape index (κ3) is 24.5. The largest absolute Gasteiger partial charge is 0.488 e. The number of carbonyl (C=O) groups is 2. The summed E-state index contributed by atoms with van der Waals surface area (Å²) in [5, 5.41) is 22.4. The number of rotatable bonds is 19. The van der Waals surface area contributed by atoms with E-state index in [0.29, 0.717) is 51.5 Å². The first kappa shape index (κ1) is 89.8. The minimum Gasteiger partial charge on any atom is -0.488 e. The van der Waals surface area contributed by atoms with Crippen LogP contribution in [0.1, 0.15) is 133 Å². The first-order valence-corrected chi connectivity index (χ1v) is 45.0. The van der Waals surface area contributed by atoms with Gasteiger partial charge in [-0.05, 0) is 171 Å². The van der Waals surface area contributed by atoms with Crippen molar-refractivity contribution in [3.8, 4) is 34.8 Å². The third-order valence-corrected chi connectivity index (χ3v) is 24.4. The molecule has 11 aromatic rings. The van der Waals surface area contributed by atoms with Gasteiger partial charge >= 0.3 is 5.69 Å². The van der Waals surface area contributed by atoms with Crippen LogP contribution in [-0.2, 0) is 30.8 Å². The number of anilines is 6. The number of aromatic amines is 1. The normalized spacial score (nSPS) is 21.4. The molecule has 4 aliphatic heterocycles. The van der Waals surface area contributed by atoms with Crippen molar-refractivity contribution < 1.29 is 57.0 Å². The summed E-state index contributed by atoms with van der Waals surface area (Å²) in [5.74, 6) is 8.14. The molecule has 678 valence electrons. The zero-order chi connectivity index (χ0) is 89.0. The van der Waals surface area contributed by atoms with Gasteiger partial charge in [-0.3, -0.25) is 48.9 Å². The molecular formula is C95H113FN20O13. The minimum absolute atomic E-state index is 0.0128. The van der Waals surface area contributed by atoms with Crippen LogP contribution in [0.4, 0.5) is 38.8 Å². The Bertz CT molecular complexity index is 5770. The number of nitrogens with one attached hydrogen (secondary N) is 5.